The third-order valence-corrected chi connectivity index (χ3v) is 14.7. The van der Waals surface area contributed by atoms with Gasteiger partial charge in [-0.25, -0.2) is 0 Å². The number of ether oxygens (including phenoxy) is 2. The molecule has 6 atom stereocenters. The van der Waals surface area contributed by atoms with E-state index in [9.17, 15) is 4.79 Å². The van der Waals surface area contributed by atoms with Gasteiger partial charge in [0.15, 0.2) is 19.7 Å². The smallest absolute Gasteiger partial charge is 0.200 e. The molecule has 5 heteroatoms. The number of hydrogen-bond acceptors (Lipinski definition) is 4. The SMILES string of the molecule is C=C(C)[C@@H]1O[C@H](CO[Si](C(C)C)(C(C)C)C(C)C)[C@@]23O[C@]2(C)C(=O)C[C@H](C(C)C)[C@@H]13. The van der Waals surface area contributed by atoms with Crippen LogP contribution < -0.4 is 0 Å². The molecule has 2 aliphatic heterocycles. The minimum Gasteiger partial charge on any atom is -0.413 e. The van der Waals surface area contributed by atoms with Crippen LogP contribution in [0.15, 0.2) is 12.2 Å². The lowest BCUT2D eigenvalue weighted by Crippen LogP contribution is -2.54. The van der Waals surface area contributed by atoms with Crippen molar-refractivity contribution in [1.82, 2.24) is 0 Å². The van der Waals surface area contributed by atoms with E-state index in [1.165, 1.54) is 0 Å². The number of hydrogen-bond donors (Lipinski definition) is 0. The van der Waals surface area contributed by atoms with Crippen molar-refractivity contribution >= 4 is 14.1 Å². The van der Waals surface area contributed by atoms with Gasteiger partial charge in [0.1, 0.15) is 11.7 Å². The first-order valence-corrected chi connectivity index (χ1v) is 14.1. The molecule has 0 amide bonds. The maximum atomic E-state index is 13.1. The molecule has 0 bridgehead atoms. The van der Waals surface area contributed by atoms with Gasteiger partial charge in [0.2, 0.25) is 0 Å². The Morgan fingerprint density at radius 1 is 1.13 bits per heavy atom. The van der Waals surface area contributed by atoms with Gasteiger partial charge in [-0.3, -0.25) is 4.79 Å². The van der Waals surface area contributed by atoms with Crippen LogP contribution in [-0.4, -0.2) is 44.1 Å². The Morgan fingerprint density at radius 3 is 2.10 bits per heavy atom. The summed E-state index contributed by atoms with van der Waals surface area (Å²) in [5.41, 5.74) is 1.25. The highest BCUT2D eigenvalue weighted by Crippen LogP contribution is 2.68. The highest BCUT2D eigenvalue weighted by Gasteiger charge is 2.84. The van der Waals surface area contributed by atoms with Crippen LogP contribution in [0.2, 0.25) is 16.6 Å². The molecule has 1 aliphatic carbocycles. The summed E-state index contributed by atoms with van der Waals surface area (Å²) in [5, 5.41) is 0. The van der Waals surface area contributed by atoms with E-state index in [2.05, 4.69) is 62.0 Å². The number of ketones is 1. The van der Waals surface area contributed by atoms with Crippen LogP contribution in [-0.2, 0) is 18.7 Å². The van der Waals surface area contributed by atoms with Gasteiger partial charge >= 0.3 is 0 Å². The van der Waals surface area contributed by atoms with Crippen molar-refractivity contribution in [2.45, 2.75) is 116 Å². The summed E-state index contributed by atoms with van der Waals surface area (Å²) < 4.78 is 20.0. The van der Waals surface area contributed by atoms with Gasteiger partial charge < -0.3 is 13.9 Å². The zero-order valence-electron chi connectivity index (χ0n) is 20.9. The largest absolute Gasteiger partial charge is 0.413 e. The molecule has 3 rings (SSSR count). The quantitative estimate of drug-likeness (QED) is 0.269. The number of Topliss-reactive ketones (excluding diaryl/α,β-unsaturated/α-hetero) is 1. The lowest BCUT2D eigenvalue weighted by molar-refractivity contribution is -0.126. The summed E-state index contributed by atoms with van der Waals surface area (Å²) in [6.45, 7) is 27.0. The minimum absolute atomic E-state index is 0.0749. The summed E-state index contributed by atoms with van der Waals surface area (Å²) in [6, 6.07) is 0. The average molecular weight is 437 g/mol. The lowest BCUT2D eigenvalue weighted by Gasteiger charge is -2.43. The van der Waals surface area contributed by atoms with Gasteiger partial charge in [-0.1, -0.05) is 67.5 Å². The molecule has 2 heterocycles. The van der Waals surface area contributed by atoms with E-state index in [0.717, 1.165) is 5.57 Å². The van der Waals surface area contributed by atoms with Crippen LogP contribution in [0.25, 0.3) is 0 Å². The van der Waals surface area contributed by atoms with Crippen molar-refractivity contribution in [3.8, 4) is 0 Å². The topological polar surface area (TPSA) is 48.1 Å². The molecule has 0 aromatic carbocycles. The van der Waals surface area contributed by atoms with E-state index in [4.69, 9.17) is 13.9 Å². The second kappa shape index (κ2) is 7.82. The Bertz CT molecular complexity index is 677. The first-order chi connectivity index (χ1) is 13.8. The lowest BCUT2D eigenvalue weighted by atomic mass is 9.61. The van der Waals surface area contributed by atoms with Gasteiger partial charge in [-0.15, -0.1) is 0 Å². The van der Waals surface area contributed by atoms with E-state index in [1.807, 2.05) is 13.8 Å². The molecule has 30 heavy (non-hydrogen) atoms. The van der Waals surface area contributed by atoms with Crippen LogP contribution in [0, 0.1) is 17.8 Å². The molecule has 3 fully saturated rings. The molecular weight excluding hydrogens is 392 g/mol. The minimum atomic E-state index is -2.04. The van der Waals surface area contributed by atoms with Gasteiger partial charge in [0.25, 0.3) is 0 Å². The third kappa shape index (κ3) is 3.14. The molecular formula is C25H44O4Si. The van der Waals surface area contributed by atoms with Gasteiger partial charge in [-0.2, -0.15) is 0 Å². The van der Waals surface area contributed by atoms with Crippen molar-refractivity contribution in [1.29, 1.82) is 0 Å². The fraction of sp³-hybridized carbons (Fsp3) is 0.880. The van der Waals surface area contributed by atoms with Crippen molar-refractivity contribution in [3.63, 3.8) is 0 Å². The van der Waals surface area contributed by atoms with Crippen LogP contribution in [0.4, 0.5) is 0 Å². The van der Waals surface area contributed by atoms with E-state index < -0.39 is 19.5 Å². The zero-order valence-corrected chi connectivity index (χ0v) is 21.9. The van der Waals surface area contributed by atoms with Crippen LogP contribution in [0.1, 0.15) is 75.7 Å². The molecule has 3 aliphatic rings. The van der Waals surface area contributed by atoms with E-state index in [-0.39, 0.29) is 29.8 Å². The average Bonchev–Trinajstić information content (AvgIpc) is 3.13. The first kappa shape index (κ1) is 24.2. The van der Waals surface area contributed by atoms with Crippen LogP contribution in [0.5, 0.6) is 0 Å². The Labute approximate surface area is 185 Å². The van der Waals surface area contributed by atoms with Crippen LogP contribution >= 0.6 is 0 Å². The summed E-state index contributed by atoms with van der Waals surface area (Å²) in [7, 11) is -2.04. The highest BCUT2D eigenvalue weighted by atomic mass is 28.4. The van der Waals surface area contributed by atoms with Crippen LogP contribution in [0.3, 0.4) is 0 Å². The summed E-state index contributed by atoms with van der Waals surface area (Å²) in [5.74, 6) is 1.04. The normalized spacial score (nSPS) is 38.5. The van der Waals surface area contributed by atoms with Gasteiger partial charge in [0.05, 0.1) is 12.7 Å². The summed E-state index contributed by atoms with van der Waals surface area (Å²) >= 11 is 0. The van der Waals surface area contributed by atoms with E-state index in [1.54, 1.807) is 0 Å². The number of epoxide rings is 1. The predicted octanol–water partition coefficient (Wildman–Crippen LogP) is 5.91. The van der Waals surface area contributed by atoms with E-state index >= 15 is 0 Å². The zero-order chi connectivity index (χ0) is 22.8. The van der Waals surface area contributed by atoms with Crippen molar-refractivity contribution in [2.75, 3.05) is 6.61 Å². The second-order valence-electron chi connectivity index (χ2n) is 11.5. The maximum absolute atomic E-state index is 13.1. The highest BCUT2D eigenvalue weighted by molar-refractivity contribution is 6.77. The number of rotatable bonds is 8. The maximum Gasteiger partial charge on any atom is 0.200 e. The second-order valence-corrected chi connectivity index (χ2v) is 17.0. The van der Waals surface area contributed by atoms with Gasteiger partial charge in [-0.05, 0) is 42.3 Å². The van der Waals surface area contributed by atoms with E-state index in [0.29, 0.717) is 35.6 Å². The Kier molecular flexibility index (Phi) is 6.30. The Morgan fingerprint density at radius 2 is 1.67 bits per heavy atom. The molecule has 0 N–H and O–H groups in total. The predicted molar refractivity (Wildman–Crippen MR) is 124 cm³/mol. The fourth-order valence-electron chi connectivity index (χ4n) is 7.18. The van der Waals surface area contributed by atoms with Crippen molar-refractivity contribution in [3.05, 3.63) is 12.2 Å². The molecule has 0 aromatic heterocycles. The molecule has 0 unspecified atom stereocenters. The van der Waals surface area contributed by atoms with Gasteiger partial charge in [0, 0.05) is 12.3 Å². The fourth-order valence-corrected chi connectivity index (χ4v) is 12.6. The summed E-state index contributed by atoms with van der Waals surface area (Å²) in [6.07, 6.45) is 0.279. The molecule has 172 valence electrons. The summed E-state index contributed by atoms with van der Waals surface area (Å²) in [4.78, 5) is 13.1. The standard InChI is InChI=1S/C25H44O4Si/c1-14(2)19-12-20(26)24(11)25(29-24)21(28-23(15(3)4)22(19)25)13-27-30(16(5)6,17(7)8)18(9)10/h14,16-19,21-23H,3,12-13H2,1-2,4-11H3/t19-,21-,22+,23+,24-,25+/m1/s1. The molecule has 2 saturated heterocycles. The van der Waals surface area contributed by atoms with Crippen molar-refractivity contribution < 1.29 is 18.7 Å². The first-order valence-electron chi connectivity index (χ1n) is 12.0. The number of carbonyl (C=O) groups is 1. The molecule has 1 saturated carbocycles. The molecule has 0 aromatic rings. The third-order valence-electron chi connectivity index (χ3n) is 8.64. The Balaban J connectivity index is 1.97. The number of carbonyl (C=O) groups excluding carboxylic acids is 1. The molecule has 4 nitrogen and oxygen atoms in total. The van der Waals surface area contributed by atoms with Crippen molar-refractivity contribution in [2.24, 2.45) is 17.8 Å². The Hall–Kier alpha value is -0.493. The molecule has 0 radical (unpaired) electrons. The monoisotopic (exact) mass is 436 g/mol. The molecule has 1 spiro atoms.